The first kappa shape index (κ1) is 28.0. The molecule has 5 rings (SSSR count). The van der Waals surface area contributed by atoms with Crippen molar-refractivity contribution in [3.05, 3.63) is 80.3 Å². The number of rotatable bonds is 2. The fourth-order valence-electron chi connectivity index (χ4n) is 4.50. The van der Waals surface area contributed by atoms with E-state index >= 15 is 0 Å². The Labute approximate surface area is 242 Å². The van der Waals surface area contributed by atoms with E-state index in [1.54, 1.807) is 59.7 Å². The number of ether oxygens (including phenoxy) is 4. The molecule has 0 N–H and O–H groups in total. The van der Waals surface area contributed by atoms with E-state index in [0.29, 0.717) is 22.3 Å². The van der Waals surface area contributed by atoms with Crippen LogP contribution in [0.3, 0.4) is 0 Å². The van der Waals surface area contributed by atoms with Gasteiger partial charge in [-0.15, -0.1) is 0 Å². The van der Waals surface area contributed by atoms with Crippen molar-refractivity contribution < 1.29 is 33.3 Å². The van der Waals surface area contributed by atoms with Gasteiger partial charge in [-0.1, -0.05) is 40.9 Å². The van der Waals surface area contributed by atoms with E-state index in [9.17, 15) is 14.4 Å². The topological polar surface area (TPSA) is 88.1 Å². The van der Waals surface area contributed by atoms with Gasteiger partial charge in [0, 0.05) is 28.8 Å². The van der Waals surface area contributed by atoms with Crippen molar-refractivity contribution in [1.29, 1.82) is 0 Å². The molecule has 0 aromatic heterocycles. The van der Waals surface area contributed by atoms with Crippen molar-refractivity contribution in [2.24, 2.45) is 10.8 Å². The van der Waals surface area contributed by atoms with Crippen LogP contribution >= 0.6 is 23.2 Å². The van der Waals surface area contributed by atoms with Crippen LogP contribution in [-0.4, -0.2) is 17.9 Å². The maximum Gasteiger partial charge on any atom is 0.340 e. The van der Waals surface area contributed by atoms with Crippen molar-refractivity contribution in [2.45, 2.75) is 54.1 Å². The Bertz CT molecular complexity index is 1530. The van der Waals surface area contributed by atoms with Gasteiger partial charge in [0.15, 0.2) is 17.1 Å². The Morgan fingerprint density at radius 2 is 1.23 bits per heavy atom. The molecule has 2 aliphatic heterocycles. The molecule has 2 heterocycles. The monoisotopic (exact) mass is 582 g/mol. The van der Waals surface area contributed by atoms with Crippen LogP contribution in [0, 0.1) is 17.8 Å². The van der Waals surface area contributed by atoms with Crippen molar-refractivity contribution in [1.82, 2.24) is 0 Å². The first-order valence-corrected chi connectivity index (χ1v) is 13.4. The Morgan fingerprint density at radius 1 is 0.750 bits per heavy atom. The second-order valence-electron chi connectivity index (χ2n) is 12.1. The molecule has 9 heteroatoms. The quantitative estimate of drug-likeness (QED) is 0.225. The minimum absolute atomic E-state index is 0.0840. The van der Waals surface area contributed by atoms with Crippen molar-refractivity contribution in [3.8, 4) is 23.0 Å². The highest BCUT2D eigenvalue weighted by Crippen LogP contribution is 2.59. The second-order valence-corrected chi connectivity index (χ2v) is 12.9. The summed E-state index contributed by atoms with van der Waals surface area (Å²) in [5, 5.41) is 0.252. The smallest absolute Gasteiger partial charge is 0.340 e. The summed E-state index contributed by atoms with van der Waals surface area (Å²) in [5.41, 5.74) is -0.362. The molecule has 1 spiro atoms. The molecule has 2 aliphatic rings. The average Bonchev–Trinajstić information content (AvgIpc) is 3.12. The Hall–Kier alpha value is -3.55. The number of halogens is 2. The lowest BCUT2D eigenvalue weighted by molar-refractivity contribution is -0.143. The molecule has 0 aliphatic carbocycles. The van der Waals surface area contributed by atoms with Crippen LogP contribution in [0.5, 0.6) is 23.0 Å². The highest BCUT2D eigenvalue weighted by Gasteiger charge is 2.54. The minimum Gasteiger partial charge on any atom is -0.456 e. The van der Waals surface area contributed by atoms with Crippen LogP contribution in [0.1, 0.15) is 74.2 Å². The normalized spacial score (nSPS) is 15.0. The number of fused-ring (bicyclic) bond motifs is 6. The van der Waals surface area contributed by atoms with Gasteiger partial charge in [0.2, 0.25) is 0 Å². The summed E-state index contributed by atoms with van der Waals surface area (Å²) in [6, 6.07) is 11.5. The lowest BCUT2D eigenvalue weighted by atomic mass is 9.77. The number of hydrogen-bond donors (Lipinski definition) is 0. The number of aryl methyl sites for hydroxylation is 1. The largest absolute Gasteiger partial charge is 0.456 e. The molecule has 0 atom stereocenters. The van der Waals surface area contributed by atoms with E-state index in [4.69, 9.17) is 42.1 Å². The first-order chi connectivity index (χ1) is 18.5. The molecule has 0 saturated carbocycles. The molecular formula is C31H28Cl2O7. The third-order valence-corrected chi connectivity index (χ3v) is 7.29. The minimum atomic E-state index is -1.48. The van der Waals surface area contributed by atoms with E-state index in [0.717, 1.165) is 5.56 Å². The van der Waals surface area contributed by atoms with Crippen molar-refractivity contribution in [3.63, 3.8) is 0 Å². The third kappa shape index (κ3) is 4.51. The number of benzene rings is 3. The highest BCUT2D eigenvalue weighted by atomic mass is 35.5. The maximum atomic E-state index is 13.3. The lowest BCUT2D eigenvalue weighted by Crippen LogP contribution is -2.33. The van der Waals surface area contributed by atoms with Gasteiger partial charge in [0.05, 0.1) is 26.4 Å². The fraction of sp³-hybridized carbons (Fsp3) is 0.323. The molecule has 208 valence electrons. The highest BCUT2D eigenvalue weighted by molar-refractivity contribution is 6.33. The van der Waals surface area contributed by atoms with Gasteiger partial charge < -0.3 is 18.9 Å². The van der Waals surface area contributed by atoms with E-state index in [1.807, 2.05) is 19.1 Å². The summed E-state index contributed by atoms with van der Waals surface area (Å²) in [7, 11) is 0. The standard InChI is InChI=1S/C31H28Cl2O7/c1-15-8-9-17-16(10-15)26(34)40-31(17)18-11-20(32)24(38-27(35)29(2,3)4)13-22(18)37-23-14-25(21(33)12-19(23)31)39-28(36)30(5,6)7/h8-14H,1-7H3. The zero-order chi connectivity index (χ0) is 29.4. The van der Waals surface area contributed by atoms with Gasteiger partial charge in [-0.25, -0.2) is 4.79 Å². The van der Waals surface area contributed by atoms with Crippen LogP contribution in [0.2, 0.25) is 10.0 Å². The van der Waals surface area contributed by atoms with Crippen LogP contribution in [0.15, 0.2) is 42.5 Å². The van der Waals surface area contributed by atoms with E-state index < -0.39 is 34.3 Å². The zero-order valence-electron chi connectivity index (χ0n) is 23.2. The van der Waals surface area contributed by atoms with Crippen LogP contribution in [-0.2, 0) is 19.9 Å². The zero-order valence-corrected chi connectivity index (χ0v) is 24.7. The molecule has 0 fully saturated rings. The lowest BCUT2D eigenvalue weighted by Gasteiger charge is -2.37. The van der Waals surface area contributed by atoms with E-state index in [2.05, 4.69) is 0 Å². The first-order valence-electron chi connectivity index (χ1n) is 12.7. The molecule has 40 heavy (non-hydrogen) atoms. The number of carbonyl (C=O) groups excluding carboxylic acids is 3. The Kier molecular flexibility index (Phi) is 6.47. The maximum absolute atomic E-state index is 13.3. The summed E-state index contributed by atoms with van der Waals surface area (Å²) in [5.74, 6) is -0.860. The summed E-state index contributed by atoms with van der Waals surface area (Å²) >= 11 is 13.3. The number of esters is 3. The third-order valence-electron chi connectivity index (χ3n) is 6.70. The van der Waals surface area contributed by atoms with Crippen LogP contribution in [0.4, 0.5) is 0 Å². The van der Waals surface area contributed by atoms with Crippen LogP contribution in [0.25, 0.3) is 0 Å². The van der Waals surface area contributed by atoms with E-state index in [-0.39, 0.29) is 33.0 Å². The molecule has 0 saturated heterocycles. The Balaban J connectivity index is 1.74. The predicted molar refractivity (Wildman–Crippen MR) is 150 cm³/mol. The molecule has 0 amide bonds. The molecule has 7 nitrogen and oxygen atoms in total. The number of hydrogen-bond acceptors (Lipinski definition) is 7. The van der Waals surface area contributed by atoms with Gasteiger partial charge >= 0.3 is 17.9 Å². The van der Waals surface area contributed by atoms with Gasteiger partial charge in [-0.05, 0) is 66.7 Å². The molecule has 3 aromatic carbocycles. The summed E-state index contributed by atoms with van der Waals surface area (Å²) in [6.07, 6.45) is 0. The van der Waals surface area contributed by atoms with Crippen LogP contribution < -0.4 is 14.2 Å². The molecule has 0 bridgehead atoms. The number of carbonyl (C=O) groups is 3. The summed E-state index contributed by atoms with van der Waals surface area (Å²) < 4.78 is 23.7. The molecule has 0 unspecified atom stereocenters. The predicted octanol–water partition coefficient (Wildman–Crippen LogP) is 7.77. The second kappa shape index (κ2) is 9.25. The summed E-state index contributed by atoms with van der Waals surface area (Å²) in [4.78, 5) is 38.6. The Morgan fingerprint density at radius 3 is 1.68 bits per heavy atom. The fourth-order valence-corrected chi connectivity index (χ4v) is 4.90. The molecular weight excluding hydrogens is 555 g/mol. The SMILES string of the molecule is Cc1ccc2c(c1)C(=O)OC21c2cc(Cl)c(OC(=O)C(C)(C)C)cc2Oc2cc(OC(=O)C(C)(C)C)c(Cl)cc21. The van der Waals surface area contributed by atoms with Crippen molar-refractivity contribution in [2.75, 3.05) is 0 Å². The summed E-state index contributed by atoms with van der Waals surface area (Å²) in [6.45, 7) is 12.2. The van der Waals surface area contributed by atoms with Gasteiger partial charge in [0.1, 0.15) is 11.5 Å². The van der Waals surface area contributed by atoms with Gasteiger partial charge in [-0.2, -0.15) is 0 Å². The van der Waals surface area contributed by atoms with Gasteiger partial charge in [-0.3, -0.25) is 9.59 Å². The van der Waals surface area contributed by atoms with Gasteiger partial charge in [0.25, 0.3) is 0 Å². The molecule has 3 aromatic rings. The van der Waals surface area contributed by atoms with Crippen molar-refractivity contribution >= 4 is 41.1 Å². The molecule has 0 radical (unpaired) electrons. The average molecular weight is 583 g/mol. The van der Waals surface area contributed by atoms with E-state index in [1.165, 1.54) is 12.1 Å².